The lowest BCUT2D eigenvalue weighted by Gasteiger charge is -2.25. The minimum absolute atomic E-state index is 0.0176. The molecule has 2 aromatic carbocycles. The molecule has 0 unspecified atom stereocenters. The zero-order valence-corrected chi connectivity index (χ0v) is 12.7. The fourth-order valence-electron chi connectivity index (χ4n) is 2.75. The van der Waals surface area contributed by atoms with E-state index < -0.39 is 10.7 Å². The van der Waals surface area contributed by atoms with Crippen molar-refractivity contribution in [2.24, 2.45) is 0 Å². The molecular formula is C16H8ClFN4O2. The van der Waals surface area contributed by atoms with Crippen LogP contribution in [0.15, 0.2) is 42.9 Å². The number of nitrogens with zero attached hydrogens (tertiary/aromatic N) is 4. The molecule has 1 aliphatic rings. The molecule has 6 nitrogen and oxygen atoms in total. The maximum Gasteiger partial charge on any atom is 0.277 e. The standard InChI is InChI=1S/C16H8ClFN4O2/c17-10-2-1-3-13(15(10)18)21-7-6-9-12(22(23)24)5-4-11-14(9)16(21)20-8-19-11/h1-8H. The predicted octanol–water partition coefficient (Wildman–Crippen LogP) is 4.45. The third-order valence-electron chi connectivity index (χ3n) is 3.81. The Labute approximate surface area is 140 Å². The highest BCUT2D eigenvalue weighted by Gasteiger charge is 2.26. The van der Waals surface area contributed by atoms with Gasteiger partial charge in [0.15, 0.2) is 5.82 Å². The monoisotopic (exact) mass is 342 g/mol. The normalized spacial score (nSPS) is 12.7. The van der Waals surface area contributed by atoms with Crippen molar-refractivity contribution in [2.45, 2.75) is 0 Å². The Morgan fingerprint density at radius 2 is 2.04 bits per heavy atom. The van der Waals surface area contributed by atoms with Crippen molar-refractivity contribution in [1.82, 2.24) is 9.97 Å². The van der Waals surface area contributed by atoms with Crippen LogP contribution in [0.1, 0.15) is 5.56 Å². The SMILES string of the molecule is O=[N+]([O-])c1ccc2ncnc3c2c1C=CN3c1cccc(Cl)c1F. The average molecular weight is 343 g/mol. The second-order valence-corrected chi connectivity index (χ2v) is 5.51. The van der Waals surface area contributed by atoms with Crippen LogP contribution in [0.25, 0.3) is 17.0 Å². The van der Waals surface area contributed by atoms with Crippen LogP contribution in [-0.4, -0.2) is 14.9 Å². The Morgan fingerprint density at radius 3 is 2.83 bits per heavy atom. The van der Waals surface area contributed by atoms with Gasteiger partial charge in [0.25, 0.3) is 5.69 Å². The minimum atomic E-state index is -0.593. The van der Waals surface area contributed by atoms with Gasteiger partial charge >= 0.3 is 0 Å². The molecular weight excluding hydrogens is 335 g/mol. The molecule has 118 valence electrons. The molecule has 24 heavy (non-hydrogen) atoms. The van der Waals surface area contributed by atoms with E-state index in [0.29, 0.717) is 22.3 Å². The van der Waals surface area contributed by atoms with E-state index in [1.54, 1.807) is 24.3 Å². The molecule has 0 spiro atoms. The third kappa shape index (κ3) is 2.02. The van der Waals surface area contributed by atoms with Gasteiger partial charge in [-0.25, -0.2) is 14.4 Å². The fourth-order valence-corrected chi connectivity index (χ4v) is 2.92. The number of halogens is 2. The Balaban J connectivity index is 2.02. The van der Waals surface area contributed by atoms with Crippen LogP contribution in [0.2, 0.25) is 5.02 Å². The summed E-state index contributed by atoms with van der Waals surface area (Å²) in [6, 6.07) is 7.57. The molecule has 0 saturated heterocycles. The molecule has 2 heterocycles. The van der Waals surface area contributed by atoms with Crippen LogP contribution in [0.5, 0.6) is 0 Å². The van der Waals surface area contributed by atoms with Gasteiger partial charge in [-0.15, -0.1) is 0 Å². The summed E-state index contributed by atoms with van der Waals surface area (Å²) in [6.07, 6.45) is 4.42. The van der Waals surface area contributed by atoms with Crippen LogP contribution >= 0.6 is 11.6 Å². The van der Waals surface area contributed by atoms with E-state index >= 15 is 0 Å². The Morgan fingerprint density at radius 1 is 1.21 bits per heavy atom. The van der Waals surface area contributed by atoms with Crippen molar-refractivity contribution in [3.63, 3.8) is 0 Å². The zero-order valence-electron chi connectivity index (χ0n) is 12.0. The summed E-state index contributed by atoms with van der Waals surface area (Å²) in [5.41, 5.74) is 1.08. The Kier molecular flexibility index (Phi) is 3.17. The van der Waals surface area contributed by atoms with Crippen LogP contribution < -0.4 is 4.90 Å². The maximum absolute atomic E-state index is 14.4. The van der Waals surface area contributed by atoms with Gasteiger partial charge < -0.3 is 0 Å². The molecule has 0 saturated carbocycles. The van der Waals surface area contributed by atoms with Crippen molar-refractivity contribution in [1.29, 1.82) is 0 Å². The van der Waals surface area contributed by atoms with Crippen LogP contribution in [0, 0.1) is 15.9 Å². The smallest absolute Gasteiger partial charge is 0.277 e. The van der Waals surface area contributed by atoms with E-state index in [-0.39, 0.29) is 16.4 Å². The van der Waals surface area contributed by atoms with Gasteiger partial charge in [0.05, 0.1) is 32.1 Å². The fraction of sp³-hybridized carbons (Fsp3) is 0. The molecule has 4 rings (SSSR count). The predicted molar refractivity (Wildman–Crippen MR) is 88.8 cm³/mol. The number of rotatable bonds is 2. The summed E-state index contributed by atoms with van der Waals surface area (Å²) in [5, 5.41) is 11.7. The van der Waals surface area contributed by atoms with Gasteiger partial charge in [-0.2, -0.15) is 0 Å². The second kappa shape index (κ2) is 5.24. The molecule has 8 heteroatoms. The van der Waals surface area contributed by atoms with E-state index in [1.165, 1.54) is 29.6 Å². The molecule has 0 atom stereocenters. The first-order valence-electron chi connectivity index (χ1n) is 6.91. The van der Waals surface area contributed by atoms with Gasteiger partial charge in [-0.05, 0) is 24.3 Å². The number of aromatic nitrogens is 2. The average Bonchev–Trinajstić information content (AvgIpc) is 2.58. The lowest BCUT2D eigenvalue weighted by molar-refractivity contribution is -0.384. The largest absolute Gasteiger partial charge is 0.298 e. The highest BCUT2D eigenvalue weighted by atomic mass is 35.5. The summed E-state index contributed by atoms with van der Waals surface area (Å²) >= 11 is 5.85. The van der Waals surface area contributed by atoms with Crippen molar-refractivity contribution in [2.75, 3.05) is 4.90 Å². The van der Waals surface area contributed by atoms with E-state index in [0.717, 1.165) is 0 Å². The van der Waals surface area contributed by atoms with Gasteiger partial charge in [-0.3, -0.25) is 15.0 Å². The number of nitro benzene ring substituents is 1. The second-order valence-electron chi connectivity index (χ2n) is 5.11. The molecule has 0 radical (unpaired) electrons. The zero-order chi connectivity index (χ0) is 16.8. The van der Waals surface area contributed by atoms with E-state index in [2.05, 4.69) is 9.97 Å². The molecule has 0 amide bonds. The van der Waals surface area contributed by atoms with Crippen LogP contribution in [0.3, 0.4) is 0 Å². The number of anilines is 2. The van der Waals surface area contributed by atoms with E-state index in [1.807, 2.05) is 0 Å². The molecule has 1 aromatic heterocycles. The van der Waals surface area contributed by atoms with Gasteiger partial charge in [0.1, 0.15) is 12.1 Å². The molecule has 0 aliphatic carbocycles. The summed E-state index contributed by atoms with van der Waals surface area (Å²) in [7, 11) is 0. The lowest BCUT2D eigenvalue weighted by Crippen LogP contribution is -2.16. The van der Waals surface area contributed by atoms with Crippen molar-refractivity contribution < 1.29 is 9.31 Å². The minimum Gasteiger partial charge on any atom is -0.298 e. The number of nitro groups is 1. The summed E-state index contributed by atoms with van der Waals surface area (Å²) in [6.45, 7) is 0. The van der Waals surface area contributed by atoms with E-state index in [4.69, 9.17) is 11.6 Å². The summed E-state index contributed by atoms with van der Waals surface area (Å²) in [4.78, 5) is 20.6. The van der Waals surface area contributed by atoms with Gasteiger partial charge in [-0.1, -0.05) is 17.7 Å². The molecule has 0 bridgehead atoms. The van der Waals surface area contributed by atoms with Crippen molar-refractivity contribution in [3.8, 4) is 0 Å². The van der Waals surface area contributed by atoms with Gasteiger partial charge in [0.2, 0.25) is 0 Å². The summed E-state index contributed by atoms with van der Waals surface area (Å²) < 4.78 is 14.4. The molecule has 0 N–H and O–H groups in total. The first-order chi connectivity index (χ1) is 11.6. The summed E-state index contributed by atoms with van der Waals surface area (Å²) in [5.74, 6) is -0.230. The van der Waals surface area contributed by atoms with Crippen molar-refractivity contribution in [3.05, 3.63) is 69.4 Å². The number of hydrogen-bond acceptors (Lipinski definition) is 5. The highest BCUT2D eigenvalue weighted by Crippen LogP contribution is 2.41. The number of benzene rings is 2. The first kappa shape index (κ1) is 14.5. The quantitative estimate of drug-likeness (QED) is 0.508. The number of hydrogen-bond donors (Lipinski definition) is 0. The van der Waals surface area contributed by atoms with Crippen molar-refractivity contribution >= 4 is 45.8 Å². The van der Waals surface area contributed by atoms with Gasteiger partial charge in [0, 0.05) is 12.3 Å². The lowest BCUT2D eigenvalue weighted by atomic mass is 10.0. The van der Waals surface area contributed by atoms with Crippen LogP contribution in [0.4, 0.5) is 21.6 Å². The first-order valence-corrected chi connectivity index (χ1v) is 7.29. The van der Waals surface area contributed by atoms with E-state index in [9.17, 15) is 14.5 Å². The Hall–Kier alpha value is -3.06. The molecule has 3 aromatic rings. The maximum atomic E-state index is 14.4. The highest BCUT2D eigenvalue weighted by molar-refractivity contribution is 6.31. The topological polar surface area (TPSA) is 72.2 Å². The molecule has 1 aliphatic heterocycles. The molecule has 0 fully saturated rings. The van der Waals surface area contributed by atoms with Crippen LogP contribution in [-0.2, 0) is 0 Å². The third-order valence-corrected chi connectivity index (χ3v) is 4.10. The Bertz CT molecular complexity index is 1040.